The third kappa shape index (κ3) is 2.43. The monoisotopic (exact) mass is 333 g/mol. The predicted molar refractivity (Wildman–Crippen MR) is 101 cm³/mol. The molecule has 0 radical (unpaired) electrons. The summed E-state index contributed by atoms with van der Waals surface area (Å²) in [4.78, 5) is 9.17. The van der Waals surface area contributed by atoms with Gasteiger partial charge in [-0.15, -0.1) is 11.3 Å². The number of fused-ring (bicyclic) bond motifs is 1. The minimum Gasteiger partial charge on any atom is -0.299 e. The van der Waals surface area contributed by atoms with Crippen LogP contribution in [-0.2, 0) is 0 Å². The molecule has 4 aromatic rings. The number of aromatic nitrogens is 3. The largest absolute Gasteiger partial charge is 0.299 e. The summed E-state index contributed by atoms with van der Waals surface area (Å²) in [5.41, 5.74) is 7.21. The summed E-state index contributed by atoms with van der Waals surface area (Å²) in [5.74, 6) is 0.970. The fraction of sp³-hybridized carbons (Fsp3) is 0.200. The van der Waals surface area contributed by atoms with Gasteiger partial charge in [0.1, 0.15) is 5.82 Å². The number of rotatable bonds is 2. The number of hydrogen-bond acceptors (Lipinski definition) is 3. The fourth-order valence-electron chi connectivity index (χ4n) is 3.43. The van der Waals surface area contributed by atoms with E-state index < -0.39 is 0 Å². The van der Waals surface area contributed by atoms with Crippen molar-refractivity contribution in [2.75, 3.05) is 0 Å². The van der Waals surface area contributed by atoms with E-state index in [-0.39, 0.29) is 0 Å². The first-order chi connectivity index (χ1) is 11.5. The standard InChI is InChI=1S/C20H19N3S/c1-12-9-13(2)19(14(3)10-12)23-8-7-21-20(23)16-5-6-17-18(11-16)24-15(4)22-17/h5-11H,1-4H3. The van der Waals surface area contributed by atoms with Gasteiger partial charge in [0, 0.05) is 18.0 Å². The summed E-state index contributed by atoms with van der Waals surface area (Å²) in [6, 6.07) is 10.8. The molecular formula is C20H19N3S. The number of aryl methyl sites for hydroxylation is 4. The lowest BCUT2D eigenvalue weighted by Crippen LogP contribution is -2.02. The molecule has 0 aliphatic rings. The van der Waals surface area contributed by atoms with Crippen molar-refractivity contribution in [3.63, 3.8) is 0 Å². The molecule has 0 amide bonds. The normalized spacial score (nSPS) is 11.3. The molecule has 0 spiro atoms. The topological polar surface area (TPSA) is 30.7 Å². The van der Waals surface area contributed by atoms with Gasteiger partial charge in [-0.25, -0.2) is 9.97 Å². The maximum absolute atomic E-state index is 4.63. The van der Waals surface area contributed by atoms with Crippen LogP contribution in [-0.4, -0.2) is 14.5 Å². The van der Waals surface area contributed by atoms with Crippen LogP contribution in [0.3, 0.4) is 0 Å². The van der Waals surface area contributed by atoms with E-state index in [4.69, 9.17) is 0 Å². The van der Waals surface area contributed by atoms with Gasteiger partial charge in [-0.05, 0) is 57.0 Å². The molecule has 2 aromatic heterocycles. The smallest absolute Gasteiger partial charge is 0.144 e. The molecule has 0 bridgehead atoms. The lowest BCUT2D eigenvalue weighted by Gasteiger charge is -2.15. The van der Waals surface area contributed by atoms with E-state index in [1.807, 2.05) is 19.3 Å². The van der Waals surface area contributed by atoms with Gasteiger partial charge >= 0.3 is 0 Å². The number of hydrogen-bond donors (Lipinski definition) is 0. The first-order valence-corrected chi connectivity index (χ1v) is 8.84. The molecule has 3 nitrogen and oxygen atoms in total. The van der Waals surface area contributed by atoms with Crippen LogP contribution in [0.5, 0.6) is 0 Å². The molecule has 0 aliphatic heterocycles. The van der Waals surface area contributed by atoms with Gasteiger partial charge in [0.15, 0.2) is 0 Å². The zero-order chi connectivity index (χ0) is 16.8. The molecule has 120 valence electrons. The zero-order valence-electron chi connectivity index (χ0n) is 14.3. The van der Waals surface area contributed by atoms with Crippen LogP contribution in [0.1, 0.15) is 21.7 Å². The Balaban J connectivity index is 1.91. The first kappa shape index (κ1) is 15.1. The van der Waals surface area contributed by atoms with Gasteiger partial charge in [-0.1, -0.05) is 17.7 Å². The lowest BCUT2D eigenvalue weighted by molar-refractivity contribution is 1.03. The van der Waals surface area contributed by atoms with Crippen molar-refractivity contribution >= 4 is 21.6 Å². The minimum atomic E-state index is 0.970. The average molecular weight is 333 g/mol. The van der Waals surface area contributed by atoms with Crippen LogP contribution >= 0.6 is 11.3 Å². The van der Waals surface area contributed by atoms with Crippen LogP contribution in [0.25, 0.3) is 27.3 Å². The van der Waals surface area contributed by atoms with Gasteiger partial charge in [0.2, 0.25) is 0 Å². The summed E-state index contributed by atoms with van der Waals surface area (Å²) >= 11 is 1.73. The summed E-state index contributed by atoms with van der Waals surface area (Å²) < 4.78 is 3.40. The first-order valence-electron chi connectivity index (χ1n) is 8.02. The molecule has 0 saturated carbocycles. The van der Waals surface area contributed by atoms with E-state index in [9.17, 15) is 0 Å². The second-order valence-corrected chi connectivity index (χ2v) is 7.52. The quantitative estimate of drug-likeness (QED) is 0.493. The molecule has 2 heterocycles. The van der Waals surface area contributed by atoms with Gasteiger partial charge in [0.05, 0.1) is 20.9 Å². The predicted octanol–water partition coefficient (Wildman–Crippen LogP) is 5.38. The summed E-state index contributed by atoms with van der Waals surface area (Å²) in [6.07, 6.45) is 3.91. The molecule has 2 aromatic carbocycles. The van der Waals surface area contributed by atoms with E-state index in [0.29, 0.717) is 0 Å². The molecule has 24 heavy (non-hydrogen) atoms. The van der Waals surface area contributed by atoms with Gasteiger partial charge in [-0.3, -0.25) is 4.57 Å². The minimum absolute atomic E-state index is 0.970. The summed E-state index contributed by atoms with van der Waals surface area (Å²) in [5, 5.41) is 1.09. The van der Waals surface area contributed by atoms with Crippen molar-refractivity contribution in [1.29, 1.82) is 0 Å². The molecule has 0 N–H and O–H groups in total. The van der Waals surface area contributed by atoms with Crippen LogP contribution in [0.4, 0.5) is 0 Å². The van der Waals surface area contributed by atoms with Gasteiger partial charge < -0.3 is 0 Å². The third-order valence-corrected chi connectivity index (χ3v) is 5.20. The maximum Gasteiger partial charge on any atom is 0.144 e. The average Bonchev–Trinajstić information content (AvgIpc) is 3.10. The van der Waals surface area contributed by atoms with Crippen molar-refractivity contribution in [2.45, 2.75) is 27.7 Å². The molecule has 4 rings (SSSR count). The second kappa shape index (κ2) is 5.56. The van der Waals surface area contributed by atoms with Gasteiger partial charge in [-0.2, -0.15) is 0 Å². The Morgan fingerprint density at radius 1 is 0.958 bits per heavy atom. The Morgan fingerprint density at radius 3 is 2.46 bits per heavy atom. The Bertz CT molecular complexity index is 1030. The zero-order valence-corrected chi connectivity index (χ0v) is 15.1. The van der Waals surface area contributed by atoms with Crippen LogP contribution in [0, 0.1) is 27.7 Å². The Labute approximate surface area is 145 Å². The van der Waals surface area contributed by atoms with E-state index >= 15 is 0 Å². The van der Waals surface area contributed by atoms with E-state index in [2.05, 4.69) is 65.6 Å². The highest BCUT2D eigenvalue weighted by Crippen LogP contribution is 2.30. The van der Waals surface area contributed by atoms with Crippen molar-refractivity contribution < 1.29 is 0 Å². The summed E-state index contributed by atoms with van der Waals surface area (Å²) in [6.45, 7) is 8.51. The fourth-order valence-corrected chi connectivity index (χ4v) is 4.30. The number of benzene rings is 2. The maximum atomic E-state index is 4.63. The van der Waals surface area contributed by atoms with E-state index in [1.165, 1.54) is 27.1 Å². The SMILES string of the molecule is Cc1cc(C)c(-n2ccnc2-c2ccc3nc(C)sc3c2)c(C)c1. The Kier molecular flexibility index (Phi) is 3.50. The molecule has 0 fully saturated rings. The van der Waals surface area contributed by atoms with Crippen molar-refractivity contribution in [1.82, 2.24) is 14.5 Å². The van der Waals surface area contributed by atoms with Crippen molar-refractivity contribution in [3.8, 4) is 17.1 Å². The van der Waals surface area contributed by atoms with Gasteiger partial charge in [0.25, 0.3) is 0 Å². The molecule has 0 atom stereocenters. The molecule has 0 aliphatic carbocycles. The molecule has 0 saturated heterocycles. The number of thiazole rings is 1. The third-order valence-electron chi connectivity index (χ3n) is 4.27. The summed E-state index contributed by atoms with van der Waals surface area (Å²) in [7, 11) is 0. The van der Waals surface area contributed by atoms with Crippen LogP contribution in [0.2, 0.25) is 0 Å². The molecule has 0 unspecified atom stereocenters. The highest BCUT2D eigenvalue weighted by molar-refractivity contribution is 7.18. The highest BCUT2D eigenvalue weighted by Gasteiger charge is 2.13. The van der Waals surface area contributed by atoms with Crippen molar-refractivity contribution in [2.24, 2.45) is 0 Å². The number of imidazole rings is 1. The highest BCUT2D eigenvalue weighted by atomic mass is 32.1. The Morgan fingerprint density at radius 2 is 1.71 bits per heavy atom. The van der Waals surface area contributed by atoms with Crippen molar-refractivity contribution in [3.05, 3.63) is 64.4 Å². The molecule has 4 heteroatoms. The van der Waals surface area contributed by atoms with Crippen LogP contribution in [0.15, 0.2) is 42.7 Å². The van der Waals surface area contributed by atoms with E-state index in [0.717, 1.165) is 21.9 Å². The lowest BCUT2D eigenvalue weighted by atomic mass is 10.0. The second-order valence-electron chi connectivity index (χ2n) is 6.28. The number of nitrogens with zero attached hydrogens (tertiary/aromatic N) is 3. The Hall–Kier alpha value is -2.46. The molecular weight excluding hydrogens is 314 g/mol. The van der Waals surface area contributed by atoms with Crippen LogP contribution < -0.4 is 0 Å². The van der Waals surface area contributed by atoms with E-state index in [1.54, 1.807) is 11.3 Å².